The van der Waals surface area contributed by atoms with Gasteiger partial charge in [0, 0.05) is 12.1 Å². The number of hydrogen-bond donors (Lipinski definition) is 3. The lowest BCUT2D eigenvalue weighted by Crippen LogP contribution is -2.23. The molecule has 0 spiro atoms. The summed E-state index contributed by atoms with van der Waals surface area (Å²) in [4.78, 5) is 12.1. The van der Waals surface area contributed by atoms with E-state index < -0.39 is 0 Å². The van der Waals surface area contributed by atoms with Gasteiger partial charge in [-0.3, -0.25) is 4.79 Å². The quantitative estimate of drug-likeness (QED) is 0.730. The largest absolute Gasteiger partial charge is 0.495 e. The highest BCUT2D eigenvalue weighted by molar-refractivity contribution is 5.95. The maximum Gasteiger partial charge on any atom is 0.251 e. The lowest BCUT2D eigenvalue weighted by molar-refractivity contribution is 0.0951. The first-order valence-corrected chi connectivity index (χ1v) is 6.54. The van der Waals surface area contributed by atoms with E-state index in [9.17, 15) is 4.79 Å². The van der Waals surface area contributed by atoms with Crippen LogP contribution in [0.15, 0.2) is 42.5 Å². The molecule has 110 valence electrons. The van der Waals surface area contributed by atoms with Crippen LogP contribution in [-0.2, 0) is 13.2 Å². The molecule has 0 aromatic heterocycles. The van der Waals surface area contributed by atoms with Crippen LogP contribution >= 0.6 is 0 Å². The first-order chi connectivity index (χ1) is 10.1. The van der Waals surface area contributed by atoms with E-state index in [4.69, 9.17) is 15.6 Å². The lowest BCUT2D eigenvalue weighted by atomic mass is 10.1. The number of anilines is 1. The highest BCUT2D eigenvalue weighted by atomic mass is 16.5. The summed E-state index contributed by atoms with van der Waals surface area (Å²) in [5.41, 5.74) is 8.43. The molecule has 1 amide bonds. The number of amides is 1. The maximum atomic E-state index is 12.1. The van der Waals surface area contributed by atoms with E-state index in [-0.39, 0.29) is 12.5 Å². The Bertz CT molecular complexity index is 641. The molecule has 0 radical (unpaired) electrons. The Labute approximate surface area is 123 Å². The number of aliphatic hydroxyl groups excluding tert-OH is 1. The van der Waals surface area contributed by atoms with Crippen molar-refractivity contribution < 1.29 is 14.6 Å². The molecule has 0 aliphatic carbocycles. The van der Waals surface area contributed by atoms with Crippen molar-refractivity contribution in [3.63, 3.8) is 0 Å². The van der Waals surface area contributed by atoms with Gasteiger partial charge in [0.25, 0.3) is 5.91 Å². The van der Waals surface area contributed by atoms with E-state index in [0.717, 1.165) is 11.1 Å². The van der Waals surface area contributed by atoms with Gasteiger partial charge in [-0.2, -0.15) is 0 Å². The van der Waals surface area contributed by atoms with Gasteiger partial charge in [-0.1, -0.05) is 24.3 Å². The Morgan fingerprint density at radius 2 is 2.00 bits per heavy atom. The van der Waals surface area contributed by atoms with Gasteiger partial charge < -0.3 is 20.9 Å². The fourth-order valence-corrected chi connectivity index (χ4v) is 2.00. The minimum absolute atomic E-state index is 0.0171. The Balaban J connectivity index is 2.02. The van der Waals surface area contributed by atoms with Gasteiger partial charge in [-0.15, -0.1) is 0 Å². The second-order valence-corrected chi connectivity index (χ2v) is 4.62. The van der Waals surface area contributed by atoms with Crippen molar-refractivity contribution in [3.8, 4) is 5.75 Å². The molecule has 0 atom stereocenters. The normalized spacial score (nSPS) is 10.2. The number of carbonyl (C=O) groups is 1. The summed E-state index contributed by atoms with van der Waals surface area (Å²) in [6.45, 7) is 0.370. The summed E-state index contributed by atoms with van der Waals surface area (Å²) in [6, 6.07) is 12.3. The van der Waals surface area contributed by atoms with E-state index in [0.29, 0.717) is 23.5 Å². The van der Waals surface area contributed by atoms with Crippen molar-refractivity contribution in [3.05, 3.63) is 59.2 Å². The SMILES string of the molecule is COc1ccc(C(=O)NCc2cccc(CO)c2)cc1N. The van der Waals surface area contributed by atoms with E-state index in [1.54, 1.807) is 18.2 Å². The van der Waals surface area contributed by atoms with Crippen molar-refractivity contribution in [2.75, 3.05) is 12.8 Å². The lowest BCUT2D eigenvalue weighted by Gasteiger charge is -2.09. The second kappa shape index (κ2) is 6.76. The van der Waals surface area contributed by atoms with Crippen molar-refractivity contribution in [2.45, 2.75) is 13.2 Å². The fraction of sp³-hybridized carbons (Fsp3) is 0.188. The average molecular weight is 286 g/mol. The Morgan fingerprint density at radius 1 is 1.24 bits per heavy atom. The number of hydrogen-bond acceptors (Lipinski definition) is 4. The smallest absolute Gasteiger partial charge is 0.251 e. The minimum atomic E-state index is -0.209. The fourth-order valence-electron chi connectivity index (χ4n) is 2.00. The number of rotatable bonds is 5. The Hall–Kier alpha value is -2.53. The van der Waals surface area contributed by atoms with E-state index >= 15 is 0 Å². The molecule has 0 heterocycles. The summed E-state index contributed by atoms with van der Waals surface area (Å²) in [7, 11) is 1.53. The van der Waals surface area contributed by atoms with E-state index in [2.05, 4.69) is 5.32 Å². The molecule has 5 heteroatoms. The van der Waals surface area contributed by atoms with Gasteiger partial charge >= 0.3 is 0 Å². The molecule has 0 saturated carbocycles. The Morgan fingerprint density at radius 3 is 2.67 bits per heavy atom. The number of ether oxygens (including phenoxy) is 1. The molecule has 21 heavy (non-hydrogen) atoms. The number of benzene rings is 2. The molecule has 0 unspecified atom stereocenters. The highest BCUT2D eigenvalue weighted by Crippen LogP contribution is 2.21. The van der Waals surface area contributed by atoms with Gasteiger partial charge in [0.1, 0.15) is 5.75 Å². The van der Waals surface area contributed by atoms with Gasteiger partial charge in [0.15, 0.2) is 0 Å². The van der Waals surface area contributed by atoms with Crippen LogP contribution in [0, 0.1) is 0 Å². The number of nitrogen functional groups attached to an aromatic ring is 1. The standard InChI is InChI=1S/C16H18N2O3/c1-21-15-6-5-13(8-14(15)17)16(20)18-9-11-3-2-4-12(7-11)10-19/h2-8,19H,9-10,17H2,1H3,(H,18,20). The average Bonchev–Trinajstić information content (AvgIpc) is 2.52. The van der Waals surface area contributed by atoms with Crippen LogP contribution in [0.2, 0.25) is 0 Å². The zero-order valence-corrected chi connectivity index (χ0v) is 11.8. The van der Waals surface area contributed by atoms with Crippen LogP contribution < -0.4 is 15.8 Å². The van der Waals surface area contributed by atoms with Crippen LogP contribution in [0.5, 0.6) is 5.75 Å². The van der Waals surface area contributed by atoms with E-state index in [1.807, 2.05) is 24.3 Å². The van der Waals surface area contributed by atoms with Crippen molar-refractivity contribution in [2.24, 2.45) is 0 Å². The summed E-state index contributed by atoms with van der Waals surface area (Å²) in [5, 5.41) is 11.9. The molecule has 5 nitrogen and oxygen atoms in total. The number of methoxy groups -OCH3 is 1. The first-order valence-electron chi connectivity index (χ1n) is 6.54. The van der Waals surface area contributed by atoms with Crippen LogP contribution in [0.3, 0.4) is 0 Å². The minimum Gasteiger partial charge on any atom is -0.495 e. The molecule has 2 aromatic carbocycles. The van der Waals surface area contributed by atoms with Gasteiger partial charge in [0.2, 0.25) is 0 Å². The predicted octanol–water partition coefficient (Wildman–Crippen LogP) is 1.70. The first kappa shape index (κ1) is 14.9. The highest BCUT2D eigenvalue weighted by Gasteiger charge is 2.08. The third-order valence-electron chi connectivity index (χ3n) is 3.12. The van der Waals surface area contributed by atoms with Crippen molar-refractivity contribution >= 4 is 11.6 Å². The van der Waals surface area contributed by atoms with Crippen molar-refractivity contribution in [1.82, 2.24) is 5.32 Å². The summed E-state index contributed by atoms with van der Waals surface area (Å²) < 4.78 is 5.05. The molecule has 0 bridgehead atoms. The summed E-state index contributed by atoms with van der Waals surface area (Å²) in [6.07, 6.45) is 0. The molecular weight excluding hydrogens is 268 g/mol. The van der Waals surface area contributed by atoms with Crippen molar-refractivity contribution in [1.29, 1.82) is 0 Å². The number of aliphatic hydroxyl groups is 1. The van der Waals surface area contributed by atoms with Gasteiger partial charge in [-0.25, -0.2) is 0 Å². The molecule has 2 aromatic rings. The van der Waals surface area contributed by atoms with Crippen LogP contribution in [0.4, 0.5) is 5.69 Å². The number of nitrogens with one attached hydrogen (secondary N) is 1. The predicted molar refractivity (Wildman–Crippen MR) is 80.9 cm³/mol. The summed E-state index contributed by atoms with van der Waals surface area (Å²) in [5.74, 6) is 0.334. The molecular formula is C16H18N2O3. The topological polar surface area (TPSA) is 84.6 Å². The molecule has 0 fully saturated rings. The third kappa shape index (κ3) is 3.73. The zero-order chi connectivity index (χ0) is 15.2. The van der Waals surface area contributed by atoms with E-state index in [1.165, 1.54) is 7.11 Å². The number of nitrogens with two attached hydrogens (primary N) is 1. The second-order valence-electron chi connectivity index (χ2n) is 4.62. The van der Waals surface area contributed by atoms with Crippen LogP contribution in [0.25, 0.3) is 0 Å². The van der Waals surface area contributed by atoms with Gasteiger partial charge in [0.05, 0.1) is 19.4 Å². The Kier molecular flexibility index (Phi) is 4.79. The van der Waals surface area contributed by atoms with Crippen LogP contribution in [0.1, 0.15) is 21.5 Å². The maximum absolute atomic E-state index is 12.1. The number of carbonyl (C=O) groups excluding carboxylic acids is 1. The summed E-state index contributed by atoms with van der Waals surface area (Å²) >= 11 is 0. The van der Waals surface area contributed by atoms with Gasteiger partial charge in [-0.05, 0) is 29.3 Å². The molecule has 0 saturated heterocycles. The molecule has 0 aliphatic rings. The molecule has 0 aliphatic heterocycles. The third-order valence-corrected chi connectivity index (χ3v) is 3.12. The zero-order valence-electron chi connectivity index (χ0n) is 11.8. The monoisotopic (exact) mass is 286 g/mol. The van der Waals surface area contributed by atoms with Crippen LogP contribution in [-0.4, -0.2) is 18.1 Å². The molecule has 2 rings (SSSR count). The molecule has 4 N–H and O–H groups in total.